The smallest absolute Gasteiger partial charge is 0.169 e. The summed E-state index contributed by atoms with van der Waals surface area (Å²) in [7, 11) is -3.16. The van der Waals surface area contributed by atoms with E-state index in [4.69, 9.17) is 5.73 Å². The highest BCUT2D eigenvalue weighted by Gasteiger charge is 2.32. The van der Waals surface area contributed by atoms with Crippen LogP contribution in [0.1, 0.15) is 0 Å². The van der Waals surface area contributed by atoms with Gasteiger partial charge in [-0.25, -0.2) is 8.42 Å². The van der Waals surface area contributed by atoms with Gasteiger partial charge < -0.3 is 10.6 Å². The van der Waals surface area contributed by atoms with E-state index in [0.717, 1.165) is 22.2 Å². The molecule has 3 rings (SSSR count). The molecular weight excluding hydrogens is 306 g/mol. The third kappa shape index (κ3) is 2.67. The summed E-state index contributed by atoms with van der Waals surface area (Å²) in [6.07, 6.45) is 4.75. The van der Waals surface area contributed by atoms with Gasteiger partial charge in [0.2, 0.25) is 0 Å². The van der Waals surface area contributed by atoms with Gasteiger partial charge in [0, 0.05) is 47.5 Å². The molecule has 1 fully saturated rings. The molecule has 1 aromatic heterocycles. The summed E-state index contributed by atoms with van der Waals surface area (Å²) in [4.78, 5) is 6.00. The molecule has 1 saturated heterocycles. The first-order valence-electron chi connectivity index (χ1n) is 6.64. The van der Waals surface area contributed by atoms with Crippen LogP contribution in [0.3, 0.4) is 0 Å². The fourth-order valence-corrected chi connectivity index (χ4v) is 5.48. The van der Waals surface area contributed by atoms with Crippen molar-refractivity contribution in [2.75, 3.05) is 34.9 Å². The molecule has 0 amide bonds. The number of benzene rings is 1. The number of nitrogen functional groups attached to an aromatic ring is 1. The van der Waals surface area contributed by atoms with Crippen LogP contribution in [-0.4, -0.2) is 43.1 Å². The number of hydrogen-bond donors (Lipinski definition) is 1. The minimum atomic E-state index is -3.16. The number of hydrogen-bond acceptors (Lipinski definition) is 6. The fourth-order valence-electron chi connectivity index (χ4n) is 2.64. The third-order valence-corrected chi connectivity index (χ3v) is 6.37. The van der Waals surface area contributed by atoms with Crippen LogP contribution < -0.4 is 10.6 Å². The summed E-state index contributed by atoms with van der Waals surface area (Å²) < 4.78 is 24.1. The Morgan fingerprint density at radius 1 is 1.38 bits per heavy atom. The molecule has 112 valence electrons. The molecule has 0 aliphatic carbocycles. The van der Waals surface area contributed by atoms with Crippen LogP contribution in [0.15, 0.2) is 30.6 Å². The Labute approximate surface area is 128 Å². The molecule has 1 aliphatic heterocycles. The molecule has 0 radical (unpaired) electrons. The van der Waals surface area contributed by atoms with E-state index in [1.54, 1.807) is 24.2 Å². The SMILES string of the molecule is CS(=O)(=O)C1CSCCN1c1ccc2cnccc2c1N. The molecule has 7 heteroatoms. The summed E-state index contributed by atoms with van der Waals surface area (Å²) in [5.41, 5.74) is 7.70. The number of aromatic nitrogens is 1. The van der Waals surface area contributed by atoms with E-state index in [0.29, 0.717) is 18.0 Å². The average molecular weight is 323 g/mol. The number of nitrogens with zero attached hydrogens (tertiary/aromatic N) is 2. The molecule has 2 heterocycles. The highest BCUT2D eigenvalue weighted by Crippen LogP contribution is 2.35. The van der Waals surface area contributed by atoms with Crippen molar-refractivity contribution >= 4 is 43.7 Å². The van der Waals surface area contributed by atoms with Gasteiger partial charge >= 0.3 is 0 Å². The maximum Gasteiger partial charge on any atom is 0.169 e. The molecule has 1 atom stereocenters. The maximum absolute atomic E-state index is 12.0. The number of sulfone groups is 1. The highest BCUT2D eigenvalue weighted by atomic mass is 32.2. The third-order valence-electron chi connectivity index (χ3n) is 3.73. The summed E-state index contributed by atoms with van der Waals surface area (Å²) in [6.45, 7) is 0.684. The van der Waals surface area contributed by atoms with Crippen LogP contribution in [0.2, 0.25) is 0 Å². The Bertz CT molecular complexity index is 777. The zero-order valence-electron chi connectivity index (χ0n) is 11.7. The second-order valence-corrected chi connectivity index (χ2v) is 8.50. The predicted molar refractivity (Wildman–Crippen MR) is 89.5 cm³/mol. The average Bonchev–Trinajstić information content (AvgIpc) is 2.47. The Balaban J connectivity index is 2.12. The van der Waals surface area contributed by atoms with Gasteiger partial charge in [-0.05, 0) is 12.1 Å². The second-order valence-electron chi connectivity index (χ2n) is 5.15. The lowest BCUT2D eigenvalue weighted by Gasteiger charge is -2.36. The molecule has 2 aromatic rings. The van der Waals surface area contributed by atoms with Crippen LogP contribution >= 0.6 is 11.8 Å². The summed E-state index contributed by atoms with van der Waals surface area (Å²) >= 11 is 1.67. The number of thioether (sulfide) groups is 1. The van der Waals surface area contributed by atoms with E-state index in [2.05, 4.69) is 4.98 Å². The quantitative estimate of drug-likeness (QED) is 0.849. The summed E-state index contributed by atoms with van der Waals surface area (Å²) in [6, 6.07) is 5.70. The number of pyridine rings is 1. The first kappa shape index (κ1) is 14.5. The Hall–Kier alpha value is -1.47. The molecule has 21 heavy (non-hydrogen) atoms. The van der Waals surface area contributed by atoms with Crippen molar-refractivity contribution in [3.8, 4) is 0 Å². The molecule has 1 aliphatic rings. The van der Waals surface area contributed by atoms with Crippen LogP contribution in [0.5, 0.6) is 0 Å². The normalized spacial score (nSPS) is 19.9. The number of nitrogens with two attached hydrogens (primary N) is 1. The Morgan fingerprint density at radius 2 is 2.19 bits per heavy atom. The molecule has 1 aromatic carbocycles. The summed E-state index contributed by atoms with van der Waals surface area (Å²) in [5.74, 6) is 1.48. The van der Waals surface area contributed by atoms with E-state index < -0.39 is 15.2 Å². The minimum Gasteiger partial charge on any atom is -0.397 e. The van der Waals surface area contributed by atoms with E-state index in [1.165, 1.54) is 6.26 Å². The van der Waals surface area contributed by atoms with Gasteiger partial charge in [0.15, 0.2) is 9.84 Å². The van der Waals surface area contributed by atoms with Crippen molar-refractivity contribution in [2.45, 2.75) is 5.37 Å². The predicted octanol–water partition coefficient (Wildman–Crippen LogP) is 1.74. The van der Waals surface area contributed by atoms with Gasteiger partial charge in [-0.15, -0.1) is 0 Å². The van der Waals surface area contributed by atoms with Crippen molar-refractivity contribution in [1.82, 2.24) is 4.98 Å². The van der Waals surface area contributed by atoms with Gasteiger partial charge in [-0.2, -0.15) is 11.8 Å². The number of fused-ring (bicyclic) bond motifs is 1. The van der Waals surface area contributed by atoms with Crippen molar-refractivity contribution in [3.63, 3.8) is 0 Å². The van der Waals surface area contributed by atoms with Gasteiger partial charge in [0.25, 0.3) is 0 Å². The second kappa shape index (κ2) is 5.38. The maximum atomic E-state index is 12.0. The van der Waals surface area contributed by atoms with Crippen LogP contribution in [0, 0.1) is 0 Å². The minimum absolute atomic E-state index is 0.516. The van der Waals surface area contributed by atoms with Crippen molar-refractivity contribution in [3.05, 3.63) is 30.6 Å². The van der Waals surface area contributed by atoms with Gasteiger partial charge in [0.05, 0.1) is 11.4 Å². The van der Waals surface area contributed by atoms with Crippen LogP contribution in [0.25, 0.3) is 10.8 Å². The molecule has 0 bridgehead atoms. The van der Waals surface area contributed by atoms with Gasteiger partial charge in [0.1, 0.15) is 5.37 Å². The topological polar surface area (TPSA) is 76.3 Å². The molecule has 0 saturated carbocycles. The fraction of sp³-hybridized carbons (Fsp3) is 0.357. The van der Waals surface area contributed by atoms with Gasteiger partial charge in [-0.1, -0.05) is 6.07 Å². The number of anilines is 2. The van der Waals surface area contributed by atoms with E-state index in [1.807, 2.05) is 23.1 Å². The van der Waals surface area contributed by atoms with Gasteiger partial charge in [-0.3, -0.25) is 4.98 Å². The molecule has 1 unspecified atom stereocenters. The molecule has 5 nitrogen and oxygen atoms in total. The molecular formula is C14H17N3O2S2. The molecule has 0 spiro atoms. The lowest BCUT2D eigenvalue weighted by Crippen LogP contribution is -2.47. The largest absolute Gasteiger partial charge is 0.397 e. The van der Waals surface area contributed by atoms with E-state index in [-0.39, 0.29) is 0 Å². The van der Waals surface area contributed by atoms with Crippen molar-refractivity contribution in [2.24, 2.45) is 0 Å². The van der Waals surface area contributed by atoms with E-state index >= 15 is 0 Å². The zero-order chi connectivity index (χ0) is 15.0. The Morgan fingerprint density at radius 3 is 2.95 bits per heavy atom. The lowest BCUT2D eigenvalue weighted by molar-refractivity contribution is 0.584. The van der Waals surface area contributed by atoms with Crippen LogP contribution in [-0.2, 0) is 9.84 Å². The van der Waals surface area contributed by atoms with Crippen molar-refractivity contribution in [1.29, 1.82) is 0 Å². The van der Waals surface area contributed by atoms with Crippen molar-refractivity contribution < 1.29 is 8.42 Å². The van der Waals surface area contributed by atoms with Crippen LogP contribution in [0.4, 0.5) is 11.4 Å². The monoisotopic (exact) mass is 323 g/mol. The first-order chi connectivity index (χ1) is 9.98. The first-order valence-corrected chi connectivity index (χ1v) is 9.75. The number of rotatable bonds is 2. The Kier molecular flexibility index (Phi) is 3.71. The summed E-state index contributed by atoms with van der Waals surface area (Å²) in [5, 5.41) is 1.35. The zero-order valence-corrected chi connectivity index (χ0v) is 13.3. The lowest BCUT2D eigenvalue weighted by atomic mass is 10.1. The standard InChI is InChI=1S/C14H17N3O2S2/c1-21(18,19)13-9-20-7-6-17(13)12-3-2-10-8-16-5-4-11(10)14(12)15/h2-5,8,13H,6-7,9,15H2,1H3. The highest BCUT2D eigenvalue weighted by molar-refractivity contribution is 8.01. The van der Waals surface area contributed by atoms with E-state index in [9.17, 15) is 8.42 Å². The molecule has 2 N–H and O–H groups in total.